The van der Waals surface area contributed by atoms with Crippen LogP contribution in [0.25, 0.3) is 21.5 Å². The molecule has 1 amide bonds. The molecule has 0 saturated carbocycles. The molecule has 0 fully saturated rings. The number of ether oxygens (including phenoxy) is 2. The Morgan fingerprint density at radius 3 is 1.99 bits per heavy atom. The number of fused-ring (bicyclic) bond motifs is 2. The summed E-state index contributed by atoms with van der Waals surface area (Å²) in [5, 5.41) is 46.7. The highest BCUT2D eigenvalue weighted by Gasteiger charge is 2.16. The van der Waals surface area contributed by atoms with Crippen molar-refractivity contribution in [1.82, 2.24) is 0 Å². The van der Waals surface area contributed by atoms with Crippen molar-refractivity contribution in [3.8, 4) is 17.2 Å². The van der Waals surface area contributed by atoms with E-state index in [0.717, 1.165) is 27.5 Å². The lowest BCUT2D eigenvalue weighted by Crippen LogP contribution is -2.11. The molecule has 0 atom stereocenters. The maximum Gasteiger partial charge on any atom is 0.296 e. The number of carbonyl (C=O) groups is 1. The summed E-state index contributed by atoms with van der Waals surface area (Å²) in [4.78, 5) is 12.8. The number of carbonyl (C=O) groups excluding carboxylic acids is 1. The van der Waals surface area contributed by atoms with Crippen molar-refractivity contribution in [2.45, 2.75) is 38.5 Å². The number of hydrogen-bond acceptors (Lipinski definition) is 16. The van der Waals surface area contributed by atoms with E-state index in [2.05, 4.69) is 41.3 Å². The molecule has 0 radical (unpaired) electrons. The van der Waals surface area contributed by atoms with E-state index in [0.29, 0.717) is 79.8 Å². The minimum atomic E-state index is -4.52. The molecule has 0 bridgehead atoms. The van der Waals surface area contributed by atoms with Gasteiger partial charge in [0.15, 0.2) is 5.75 Å². The lowest BCUT2D eigenvalue weighted by molar-refractivity contribution is 0.102. The van der Waals surface area contributed by atoms with Crippen LogP contribution in [0, 0.1) is 20.8 Å². The van der Waals surface area contributed by atoms with Gasteiger partial charge in [-0.2, -0.15) is 32.2 Å². The minimum Gasteiger partial charge on any atom is -0.505 e. The normalized spacial score (nSPS) is 12.1. The van der Waals surface area contributed by atoms with Crippen LogP contribution in [0.5, 0.6) is 17.2 Å². The van der Waals surface area contributed by atoms with Crippen LogP contribution >= 0.6 is 0 Å². The first-order valence-corrected chi connectivity index (χ1v) is 25.8. The van der Waals surface area contributed by atoms with Crippen molar-refractivity contribution in [3.63, 3.8) is 0 Å². The first-order chi connectivity index (χ1) is 35.3. The van der Waals surface area contributed by atoms with Crippen molar-refractivity contribution < 1.29 is 45.3 Å². The molecule has 378 valence electrons. The van der Waals surface area contributed by atoms with Gasteiger partial charge in [0.1, 0.15) is 27.8 Å². The highest BCUT2D eigenvalue weighted by molar-refractivity contribution is 7.86. The van der Waals surface area contributed by atoms with Gasteiger partial charge in [-0.3, -0.25) is 13.9 Å². The molecule has 0 aliphatic carbocycles. The van der Waals surface area contributed by atoms with Crippen LogP contribution in [0.15, 0.2) is 169 Å². The zero-order chi connectivity index (χ0) is 52.7. The van der Waals surface area contributed by atoms with E-state index in [1.54, 1.807) is 78.9 Å². The fourth-order valence-corrected chi connectivity index (χ4v) is 9.07. The third-order valence-electron chi connectivity index (χ3n) is 11.6. The predicted octanol–water partition coefficient (Wildman–Crippen LogP) is 13.8. The van der Waals surface area contributed by atoms with Crippen LogP contribution in [-0.4, -0.2) is 56.4 Å². The summed E-state index contributed by atoms with van der Waals surface area (Å²) in [7, 11) is -7.03. The fourth-order valence-electron chi connectivity index (χ4n) is 7.86. The molecule has 8 aromatic carbocycles. The smallest absolute Gasteiger partial charge is 0.296 e. The highest BCUT2D eigenvalue weighted by atomic mass is 32.2. The van der Waals surface area contributed by atoms with Crippen LogP contribution in [0.1, 0.15) is 39.9 Å². The molecule has 0 aromatic heterocycles. The molecule has 74 heavy (non-hydrogen) atoms. The number of benzene rings is 8. The molecule has 8 aromatic rings. The Bertz CT molecular complexity index is 3770. The number of anilines is 4. The van der Waals surface area contributed by atoms with Crippen LogP contribution in [0.2, 0.25) is 0 Å². The number of nitrogens with zero attached hydrogens (tertiary/aromatic N) is 6. The van der Waals surface area contributed by atoms with Crippen LogP contribution in [-0.2, 0) is 20.2 Å². The van der Waals surface area contributed by atoms with E-state index in [1.807, 2.05) is 63.2 Å². The molecular formula is C53H49N9O10S2. The molecule has 0 saturated heterocycles. The fraction of sp³-hybridized carbons (Fsp3) is 0.151. The van der Waals surface area contributed by atoms with Gasteiger partial charge in [-0.15, -0.1) is 15.3 Å². The Morgan fingerprint density at radius 1 is 0.608 bits per heavy atom. The number of methoxy groups -OCH3 is 1. The maximum atomic E-state index is 13.2. The molecule has 0 spiro atoms. The minimum absolute atomic E-state index is 0.0865. The van der Waals surface area contributed by atoms with Crippen LogP contribution in [0.3, 0.4) is 0 Å². The average Bonchev–Trinajstić information content (AvgIpc) is 3.35. The standard InChI is InChI=1S/C53H49N9O10S2/c1-31-26-47(61-59-45-21-12-36-28-38(16-19-43(36)52(45)63)55-40-17-20-44(54)50(29-40)74(68,69)70)49(71-4)30-46(31)60-62-51-32(2)24-41(25-33(51)3)58-57-37-13-10-34(11-14-37)53(64)56-39-15-18-42-35(27-39)8-7-9-48(42)72-22-5-6-23-73(65,66)67/h7-21,24-30,55,63H,5-6,22-23,54H2,1-4H3,(H,56,64)(H,65,66,67)(H,68,69,70). The number of amides is 1. The molecule has 0 aliphatic rings. The van der Waals surface area contributed by atoms with Crippen molar-refractivity contribution >= 4 is 105 Å². The summed E-state index contributed by atoms with van der Waals surface area (Å²) < 4.78 is 75.3. The quantitative estimate of drug-likeness (QED) is 0.0202. The van der Waals surface area contributed by atoms with Crippen LogP contribution in [0.4, 0.5) is 56.9 Å². The SMILES string of the molecule is COc1cc(N=Nc2c(C)cc(N=Nc3ccc(C(=O)Nc4ccc5c(OCCCCS(=O)(=O)O)cccc5c4)cc3)cc2C)c(C)cc1N=Nc1ccc2cc(Nc3ccc(N)c(S(=O)(=O)O)c3)ccc2c1O. The molecule has 7 N–H and O–H groups in total. The molecular weight excluding hydrogens is 987 g/mol. The van der Waals surface area contributed by atoms with E-state index in [1.165, 1.54) is 19.2 Å². The number of azo groups is 3. The summed E-state index contributed by atoms with van der Waals surface area (Å²) in [5.74, 6) is 0.274. The van der Waals surface area contributed by atoms with Gasteiger partial charge in [-0.1, -0.05) is 18.2 Å². The van der Waals surface area contributed by atoms with Gasteiger partial charge < -0.3 is 30.9 Å². The summed E-state index contributed by atoms with van der Waals surface area (Å²) in [6.45, 7) is 5.94. The van der Waals surface area contributed by atoms with Gasteiger partial charge in [-0.25, -0.2) is 0 Å². The highest BCUT2D eigenvalue weighted by Crippen LogP contribution is 2.41. The maximum absolute atomic E-state index is 13.2. The first kappa shape index (κ1) is 51.7. The number of nitrogens with one attached hydrogen (secondary N) is 2. The summed E-state index contributed by atoms with van der Waals surface area (Å²) in [5.41, 5.74) is 12.9. The second kappa shape index (κ2) is 22.0. The number of rotatable bonds is 18. The number of hydrogen-bond donors (Lipinski definition) is 6. The third kappa shape index (κ3) is 12.7. The Kier molecular flexibility index (Phi) is 15.4. The molecule has 0 aliphatic heterocycles. The topological polar surface area (TPSA) is 289 Å². The lowest BCUT2D eigenvalue weighted by atomic mass is 10.1. The third-order valence-corrected chi connectivity index (χ3v) is 13.3. The molecule has 19 nitrogen and oxygen atoms in total. The van der Waals surface area contributed by atoms with Gasteiger partial charge in [0.05, 0.1) is 47.9 Å². The van der Waals surface area contributed by atoms with E-state index >= 15 is 0 Å². The Balaban J connectivity index is 0.883. The number of unbranched alkanes of at least 4 members (excludes halogenated alkanes) is 1. The predicted molar refractivity (Wildman–Crippen MR) is 285 cm³/mol. The molecule has 8 rings (SSSR count). The van der Waals surface area contributed by atoms with Crippen molar-refractivity contribution in [3.05, 3.63) is 156 Å². The lowest BCUT2D eigenvalue weighted by Gasteiger charge is -2.11. The van der Waals surface area contributed by atoms with E-state index in [4.69, 9.17) is 19.8 Å². The summed E-state index contributed by atoms with van der Waals surface area (Å²) >= 11 is 0. The zero-order valence-electron chi connectivity index (χ0n) is 40.3. The average molecular weight is 1040 g/mol. The zero-order valence-corrected chi connectivity index (χ0v) is 41.9. The number of phenolic OH excluding ortho intramolecular Hbond substituents is 1. The molecule has 0 heterocycles. The van der Waals surface area contributed by atoms with E-state index < -0.39 is 25.1 Å². The number of nitrogen functional groups attached to an aromatic ring is 1. The van der Waals surface area contributed by atoms with Crippen molar-refractivity contribution in [2.24, 2.45) is 30.7 Å². The number of phenols is 1. The number of aryl methyl sites for hydroxylation is 3. The second-order valence-electron chi connectivity index (χ2n) is 17.1. The Morgan fingerprint density at radius 2 is 1.26 bits per heavy atom. The van der Waals surface area contributed by atoms with Gasteiger partial charge in [0.2, 0.25) is 0 Å². The first-order valence-electron chi connectivity index (χ1n) is 22.8. The number of nitrogens with two attached hydrogens (primary N) is 1. The van der Waals surface area contributed by atoms with Crippen molar-refractivity contribution in [2.75, 3.05) is 35.8 Å². The molecule has 0 unspecified atom stereocenters. The Labute approximate surface area is 426 Å². The monoisotopic (exact) mass is 1040 g/mol. The van der Waals surface area contributed by atoms with Gasteiger partial charge in [-0.05, 0) is 170 Å². The molecule has 21 heteroatoms. The second-order valence-corrected chi connectivity index (χ2v) is 20.1. The largest absolute Gasteiger partial charge is 0.505 e. The van der Waals surface area contributed by atoms with Gasteiger partial charge >= 0.3 is 0 Å². The van der Waals surface area contributed by atoms with Crippen molar-refractivity contribution in [1.29, 1.82) is 0 Å². The Hall–Kier alpha value is -8.63. The summed E-state index contributed by atoms with van der Waals surface area (Å²) in [6.07, 6.45) is 0.738. The van der Waals surface area contributed by atoms with Gasteiger partial charge in [0, 0.05) is 39.5 Å². The number of aromatic hydroxyl groups is 1. The van der Waals surface area contributed by atoms with E-state index in [-0.39, 0.29) is 41.8 Å². The van der Waals surface area contributed by atoms with E-state index in [9.17, 15) is 31.3 Å². The van der Waals surface area contributed by atoms with Crippen LogP contribution < -0.4 is 25.8 Å². The summed E-state index contributed by atoms with van der Waals surface area (Å²) in [6, 6.07) is 37.6. The van der Waals surface area contributed by atoms with Gasteiger partial charge in [0.25, 0.3) is 26.1 Å².